The van der Waals surface area contributed by atoms with Gasteiger partial charge in [0.1, 0.15) is 0 Å². The summed E-state index contributed by atoms with van der Waals surface area (Å²) in [6, 6.07) is 10.5. The van der Waals surface area contributed by atoms with Crippen LogP contribution in [-0.4, -0.2) is 11.5 Å². The SMILES string of the molecule is CCCc1nc(-c2ccccc2)c(CNCC(C)C)s1. The van der Waals surface area contributed by atoms with Crippen LogP contribution in [0, 0.1) is 5.92 Å². The van der Waals surface area contributed by atoms with Crippen molar-refractivity contribution in [3.63, 3.8) is 0 Å². The van der Waals surface area contributed by atoms with Crippen LogP contribution in [0.3, 0.4) is 0 Å². The molecule has 0 fully saturated rings. The van der Waals surface area contributed by atoms with Crippen molar-refractivity contribution in [2.45, 2.75) is 40.2 Å². The van der Waals surface area contributed by atoms with Gasteiger partial charge >= 0.3 is 0 Å². The molecule has 0 saturated carbocycles. The lowest BCUT2D eigenvalue weighted by Crippen LogP contribution is -2.18. The van der Waals surface area contributed by atoms with E-state index in [1.54, 1.807) is 0 Å². The molecule has 0 unspecified atom stereocenters. The van der Waals surface area contributed by atoms with Crippen molar-refractivity contribution >= 4 is 11.3 Å². The van der Waals surface area contributed by atoms with Crippen molar-refractivity contribution in [1.82, 2.24) is 10.3 Å². The molecule has 0 aliphatic carbocycles. The smallest absolute Gasteiger partial charge is 0.0935 e. The highest BCUT2D eigenvalue weighted by Gasteiger charge is 2.12. The summed E-state index contributed by atoms with van der Waals surface area (Å²) in [5, 5.41) is 4.79. The number of rotatable bonds is 7. The molecule has 0 atom stereocenters. The molecule has 0 aliphatic heterocycles. The van der Waals surface area contributed by atoms with E-state index in [2.05, 4.69) is 56.4 Å². The number of hydrogen-bond donors (Lipinski definition) is 1. The van der Waals surface area contributed by atoms with E-state index in [-0.39, 0.29) is 0 Å². The number of hydrogen-bond acceptors (Lipinski definition) is 3. The van der Waals surface area contributed by atoms with Gasteiger partial charge in [0, 0.05) is 17.0 Å². The van der Waals surface area contributed by atoms with E-state index < -0.39 is 0 Å². The fraction of sp³-hybridized carbons (Fsp3) is 0.471. The van der Waals surface area contributed by atoms with E-state index in [1.807, 2.05) is 11.3 Å². The van der Waals surface area contributed by atoms with Crippen molar-refractivity contribution in [3.8, 4) is 11.3 Å². The van der Waals surface area contributed by atoms with Gasteiger partial charge in [-0.05, 0) is 25.3 Å². The molecule has 0 bridgehead atoms. The van der Waals surface area contributed by atoms with Crippen LogP contribution < -0.4 is 5.32 Å². The highest BCUT2D eigenvalue weighted by molar-refractivity contribution is 7.12. The van der Waals surface area contributed by atoms with Gasteiger partial charge in [-0.3, -0.25) is 0 Å². The van der Waals surface area contributed by atoms with Gasteiger partial charge in [-0.25, -0.2) is 4.98 Å². The molecule has 0 amide bonds. The summed E-state index contributed by atoms with van der Waals surface area (Å²) >= 11 is 1.86. The Bertz CT molecular complexity index is 517. The topological polar surface area (TPSA) is 24.9 Å². The summed E-state index contributed by atoms with van der Waals surface area (Å²) in [7, 11) is 0. The summed E-state index contributed by atoms with van der Waals surface area (Å²) in [6.45, 7) is 8.65. The minimum absolute atomic E-state index is 0.679. The van der Waals surface area contributed by atoms with Crippen molar-refractivity contribution in [3.05, 3.63) is 40.2 Å². The van der Waals surface area contributed by atoms with Crippen LogP contribution in [0.5, 0.6) is 0 Å². The molecule has 0 radical (unpaired) electrons. The van der Waals surface area contributed by atoms with E-state index in [0.717, 1.165) is 31.6 Å². The Balaban J connectivity index is 2.19. The van der Waals surface area contributed by atoms with Gasteiger partial charge in [0.05, 0.1) is 10.7 Å². The zero-order valence-corrected chi connectivity index (χ0v) is 13.5. The predicted octanol–water partition coefficient (Wildman–Crippen LogP) is 4.51. The average molecular weight is 288 g/mol. The molecule has 0 saturated heterocycles. The van der Waals surface area contributed by atoms with Crippen LogP contribution in [-0.2, 0) is 13.0 Å². The van der Waals surface area contributed by atoms with Crippen molar-refractivity contribution in [1.29, 1.82) is 0 Å². The van der Waals surface area contributed by atoms with Crippen LogP contribution in [0.15, 0.2) is 30.3 Å². The van der Waals surface area contributed by atoms with Crippen LogP contribution >= 0.6 is 11.3 Å². The summed E-state index contributed by atoms with van der Waals surface area (Å²) < 4.78 is 0. The largest absolute Gasteiger partial charge is 0.312 e. The minimum atomic E-state index is 0.679. The number of aromatic nitrogens is 1. The predicted molar refractivity (Wildman–Crippen MR) is 88.1 cm³/mol. The molecule has 0 spiro atoms. The molecule has 20 heavy (non-hydrogen) atoms. The molecular formula is C17H24N2S. The minimum Gasteiger partial charge on any atom is -0.312 e. The molecule has 1 aromatic heterocycles. The van der Waals surface area contributed by atoms with E-state index in [0.29, 0.717) is 5.92 Å². The standard InChI is InChI=1S/C17H24N2S/c1-4-8-16-19-17(14-9-6-5-7-10-14)15(20-16)12-18-11-13(2)3/h5-7,9-10,13,18H,4,8,11-12H2,1-3H3. The average Bonchev–Trinajstić information content (AvgIpc) is 2.83. The molecule has 2 nitrogen and oxygen atoms in total. The third kappa shape index (κ3) is 4.15. The lowest BCUT2D eigenvalue weighted by Gasteiger charge is -2.07. The second-order valence-electron chi connectivity index (χ2n) is 5.52. The molecule has 1 aromatic carbocycles. The Morgan fingerprint density at radius 3 is 2.60 bits per heavy atom. The Kier molecular flexibility index (Phi) is 5.74. The lowest BCUT2D eigenvalue weighted by atomic mass is 10.1. The van der Waals surface area contributed by atoms with Gasteiger partial charge in [0.2, 0.25) is 0 Å². The number of benzene rings is 1. The highest BCUT2D eigenvalue weighted by atomic mass is 32.1. The molecule has 2 aromatic rings. The van der Waals surface area contributed by atoms with E-state index in [9.17, 15) is 0 Å². The number of nitrogens with one attached hydrogen (secondary N) is 1. The Hall–Kier alpha value is -1.19. The van der Waals surface area contributed by atoms with Crippen molar-refractivity contribution in [2.75, 3.05) is 6.54 Å². The van der Waals surface area contributed by atoms with Gasteiger partial charge in [-0.2, -0.15) is 0 Å². The fourth-order valence-corrected chi connectivity index (χ4v) is 3.30. The Morgan fingerprint density at radius 2 is 1.95 bits per heavy atom. The Labute approximate surface area is 126 Å². The van der Waals surface area contributed by atoms with Crippen LogP contribution in [0.25, 0.3) is 11.3 Å². The van der Waals surface area contributed by atoms with Crippen molar-refractivity contribution in [2.24, 2.45) is 5.92 Å². The number of nitrogens with zero attached hydrogens (tertiary/aromatic N) is 1. The fourth-order valence-electron chi connectivity index (χ4n) is 2.14. The van der Waals surface area contributed by atoms with Crippen LogP contribution in [0.1, 0.15) is 37.1 Å². The zero-order chi connectivity index (χ0) is 14.4. The summed E-state index contributed by atoms with van der Waals surface area (Å²) in [6.07, 6.45) is 2.23. The monoisotopic (exact) mass is 288 g/mol. The van der Waals surface area contributed by atoms with Gasteiger partial charge < -0.3 is 5.32 Å². The third-order valence-corrected chi connectivity index (χ3v) is 4.21. The van der Waals surface area contributed by atoms with E-state index in [4.69, 9.17) is 4.98 Å². The van der Waals surface area contributed by atoms with Crippen molar-refractivity contribution < 1.29 is 0 Å². The Morgan fingerprint density at radius 1 is 1.20 bits per heavy atom. The van der Waals surface area contributed by atoms with Gasteiger partial charge in [-0.1, -0.05) is 51.1 Å². The maximum absolute atomic E-state index is 4.85. The summed E-state index contributed by atoms with van der Waals surface area (Å²) in [5.74, 6) is 0.679. The molecule has 1 heterocycles. The second kappa shape index (κ2) is 7.55. The van der Waals surface area contributed by atoms with E-state index in [1.165, 1.54) is 15.4 Å². The summed E-state index contributed by atoms with van der Waals surface area (Å²) in [4.78, 5) is 6.21. The summed E-state index contributed by atoms with van der Waals surface area (Å²) in [5.41, 5.74) is 2.39. The first kappa shape index (κ1) is 15.2. The lowest BCUT2D eigenvalue weighted by molar-refractivity contribution is 0.555. The molecule has 1 N–H and O–H groups in total. The van der Waals surface area contributed by atoms with Gasteiger partial charge in [0.15, 0.2) is 0 Å². The van der Waals surface area contributed by atoms with Crippen LogP contribution in [0.2, 0.25) is 0 Å². The first-order valence-corrected chi connectivity index (χ1v) is 8.27. The molecule has 108 valence electrons. The highest BCUT2D eigenvalue weighted by Crippen LogP contribution is 2.28. The van der Waals surface area contributed by atoms with Crippen LogP contribution in [0.4, 0.5) is 0 Å². The van der Waals surface area contributed by atoms with Gasteiger partial charge in [0.25, 0.3) is 0 Å². The van der Waals surface area contributed by atoms with E-state index >= 15 is 0 Å². The third-order valence-electron chi connectivity index (χ3n) is 3.09. The molecular weight excluding hydrogens is 264 g/mol. The first-order valence-electron chi connectivity index (χ1n) is 7.45. The molecule has 0 aliphatic rings. The molecule has 2 rings (SSSR count). The maximum Gasteiger partial charge on any atom is 0.0935 e. The zero-order valence-electron chi connectivity index (χ0n) is 12.6. The maximum atomic E-state index is 4.85. The second-order valence-corrected chi connectivity index (χ2v) is 6.69. The number of thiazole rings is 1. The quantitative estimate of drug-likeness (QED) is 0.811. The van der Waals surface area contributed by atoms with Gasteiger partial charge in [-0.15, -0.1) is 11.3 Å². The normalized spacial score (nSPS) is 11.2. The molecule has 3 heteroatoms. The number of aryl methyl sites for hydroxylation is 1. The first-order chi connectivity index (χ1) is 9.70.